The molecule has 5 heteroatoms. The first-order valence-corrected chi connectivity index (χ1v) is 6.92. The molecule has 0 spiro atoms. The van der Waals surface area contributed by atoms with Crippen LogP contribution < -0.4 is 4.90 Å². The topological polar surface area (TPSA) is 52.8 Å². The Morgan fingerprint density at radius 3 is 2.76 bits per heavy atom. The molecule has 1 aromatic heterocycles. The van der Waals surface area contributed by atoms with Crippen molar-refractivity contribution in [1.29, 1.82) is 5.26 Å². The summed E-state index contributed by atoms with van der Waals surface area (Å²) in [5, 5.41) is 8.79. The summed E-state index contributed by atoms with van der Waals surface area (Å²) in [7, 11) is 0. The van der Waals surface area contributed by atoms with Crippen molar-refractivity contribution in [1.82, 2.24) is 9.97 Å². The summed E-state index contributed by atoms with van der Waals surface area (Å²) in [5.41, 5.74) is 0.974. The highest BCUT2D eigenvalue weighted by Gasteiger charge is 2.33. The Bertz CT molecular complexity index is 677. The molecule has 0 N–H and O–H groups in total. The minimum Gasteiger partial charge on any atom is -0.348 e. The van der Waals surface area contributed by atoms with Gasteiger partial charge in [-0.05, 0) is 18.4 Å². The maximum absolute atomic E-state index is 14.1. The maximum atomic E-state index is 14.1. The monoisotopic (exact) mass is 282 g/mol. The van der Waals surface area contributed by atoms with E-state index >= 15 is 0 Å². The molecule has 0 aliphatic carbocycles. The average molecular weight is 282 g/mol. The van der Waals surface area contributed by atoms with Crippen molar-refractivity contribution in [2.24, 2.45) is 5.92 Å². The fourth-order valence-corrected chi connectivity index (χ4v) is 2.87. The van der Waals surface area contributed by atoms with E-state index in [2.05, 4.69) is 21.8 Å². The zero-order valence-corrected chi connectivity index (χ0v) is 11.7. The summed E-state index contributed by atoms with van der Waals surface area (Å²) in [6, 6.07) is 8.77. The van der Waals surface area contributed by atoms with Crippen molar-refractivity contribution < 1.29 is 4.39 Å². The second-order valence-corrected chi connectivity index (χ2v) is 5.40. The number of nitrogens with zero attached hydrogens (tertiary/aromatic N) is 4. The SMILES string of the molecule is CC1CC(c2ccccc2F)N(c2cnc(C#N)cn2)C1. The lowest BCUT2D eigenvalue weighted by atomic mass is 10.0. The number of aromatic nitrogens is 2. The summed E-state index contributed by atoms with van der Waals surface area (Å²) >= 11 is 0. The first-order valence-electron chi connectivity index (χ1n) is 6.92. The molecule has 0 bridgehead atoms. The lowest BCUT2D eigenvalue weighted by molar-refractivity contribution is 0.563. The van der Waals surface area contributed by atoms with E-state index in [-0.39, 0.29) is 17.6 Å². The molecule has 1 saturated heterocycles. The van der Waals surface area contributed by atoms with Gasteiger partial charge in [0.1, 0.15) is 17.7 Å². The summed E-state index contributed by atoms with van der Waals surface area (Å²) in [6.07, 6.45) is 3.92. The predicted octanol–water partition coefficient (Wildman–Crippen LogP) is 3.07. The van der Waals surface area contributed by atoms with Crippen LogP contribution in [0.2, 0.25) is 0 Å². The molecule has 2 atom stereocenters. The smallest absolute Gasteiger partial charge is 0.158 e. The zero-order chi connectivity index (χ0) is 14.8. The highest BCUT2D eigenvalue weighted by molar-refractivity contribution is 5.43. The number of nitriles is 1. The molecule has 1 fully saturated rings. The van der Waals surface area contributed by atoms with Crippen LogP contribution in [0.1, 0.15) is 30.6 Å². The van der Waals surface area contributed by atoms with Crippen LogP contribution in [-0.4, -0.2) is 16.5 Å². The van der Waals surface area contributed by atoms with Gasteiger partial charge in [-0.1, -0.05) is 25.1 Å². The van der Waals surface area contributed by atoms with Crippen LogP contribution in [0.25, 0.3) is 0 Å². The molecule has 21 heavy (non-hydrogen) atoms. The molecule has 106 valence electrons. The van der Waals surface area contributed by atoms with Gasteiger partial charge in [-0.15, -0.1) is 0 Å². The van der Waals surface area contributed by atoms with Gasteiger partial charge in [0.15, 0.2) is 5.69 Å². The molecule has 1 aliphatic rings. The van der Waals surface area contributed by atoms with Crippen molar-refractivity contribution in [3.05, 3.63) is 53.7 Å². The third-order valence-electron chi connectivity index (χ3n) is 3.82. The van der Waals surface area contributed by atoms with Gasteiger partial charge < -0.3 is 4.90 Å². The Morgan fingerprint density at radius 2 is 2.10 bits per heavy atom. The normalized spacial score (nSPS) is 21.3. The zero-order valence-electron chi connectivity index (χ0n) is 11.7. The van der Waals surface area contributed by atoms with E-state index in [1.165, 1.54) is 12.3 Å². The van der Waals surface area contributed by atoms with Crippen LogP contribution in [0.3, 0.4) is 0 Å². The van der Waals surface area contributed by atoms with Crippen molar-refractivity contribution in [3.8, 4) is 6.07 Å². The molecule has 2 heterocycles. The van der Waals surface area contributed by atoms with Crippen molar-refractivity contribution >= 4 is 5.82 Å². The molecule has 2 aromatic rings. The molecule has 3 rings (SSSR count). The molecule has 0 amide bonds. The van der Waals surface area contributed by atoms with Crippen molar-refractivity contribution in [3.63, 3.8) is 0 Å². The molecule has 2 unspecified atom stereocenters. The van der Waals surface area contributed by atoms with E-state index in [0.29, 0.717) is 17.3 Å². The van der Waals surface area contributed by atoms with Crippen LogP contribution in [0.15, 0.2) is 36.7 Å². The van der Waals surface area contributed by atoms with Gasteiger partial charge in [-0.25, -0.2) is 14.4 Å². The molecule has 0 saturated carbocycles. The van der Waals surface area contributed by atoms with Crippen molar-refractivity contribution in [2.75, 3.05) is 11.4 Å². The van der Waals surface area contributed by atoms with Crippen LogP contribution in [-0.2, 0) is 0 Å². The number of rotatable bonds is 2. The summed E-state index contributed by atoms with van der Waals surface area (Å²) in [4.78, 5) is 10.4. The van der Waals surface area contributed by atoms with Gasteiger partial charge in [0.2, 0.25) is 0 Å². The van der Waals surface area contributed by atoms with Crippen LogP contribution in [0.5, 0.6) is 0 Å². The number of hydrogen-bond donors (Lipinski definition) is 0. The maximum Gasteiger partial charge on any atom is 0.158 e. The Balaban J connectivity index is 1.96. The van der Waals surface area contributed by atoms with E-state index < -0.39 is 0 Å². The lowest BCUT2D eigenvalue weighted by Gasteiger charge is -2.26. The average Bonchev–Trinajstić information content (AvgIpc) is 2.89. The highest BCUT2D eigenvalue weighted by atomic mass is 19.1. The summed E-state index contributed by atoms with van der Waals surface area (Å²) < 4.78 is 14.1. The Kier molecular flexibility index (Phi) is 3.53. The molecule has 0 radical (unpaired) electrons. The van der Waals surface area contributed by atoms with Crippen LogP contribution in [0.4, 0.5) is 10.2 Å². The predicted molar refractivity (Wildman–Crippen MR) is 77.0 cm³/mol. The fourth-order valence-electron chi connectivity index (χ4n) is 2.87. The van der Waals surface area contributed by atoms with Crippen molar-refractivity contribution in [2.45, 2.75) is 19.4 Å². The standard InChI is InChI=1S/C16H15FN4/c1-11-6-15(13-4-2-3-5-14(13)17)21(10-11)16-9-19-12(7-18)8-20-16/h2-5,8-9,11,15H,6,10H2,1H3. The molecular formula is C16H15FN4. The lowest BCUT2D eigenvalue weighted by Crippen LogP contribution is -2.25. The van der Waals surface area contributed by atoms with E-state index in [4.69, 9.17) is 5.26 Å². The molecule has 1 aliphatic heterocycles. The molecular weight excluding hydrogens is 267 g/mol. The van der Waals surface area contributed by atoms with Gasteiger partial charge in [-0.2, -0.15) is 5.26 Å². The minimum atomic E-state index is -0.191. The van der Waals surface area contributed by atoms with E-state index in [0.717, 1.165) is 13.0 Å². The van der Waals surface area contributed by atoms with Gasteiger partial charge >= 0.3 is 0 Å². The summed E-state index contributed by atoms with van der Waals surface area (Å²) in [6.45, 7) is 2.95. The second-order valence-electron chi connectivity index (χ2n) is 5.40. The summed E-state index contributed by atoms with van der Waals surface area (Å²) in [5.74, 6) is 0.946. The highest BCUT2D eigenvalue weighted by Crippen LogP contribution is 2.38. The number of anilines is 1. The van der Waals surface area contributed by atoms with E-state index in [9.17, 15) is 4.39 Å². The van der Waals surface area contributed by atoms with Gasteiger partial charge in [0.05, 0.1) is 18.4 Å². The van der Waals surface area contributed by atoms with Gasteiger partial charge in [-0.3, -0.25) is 0 Å². The number of halogens is 1. The third kappa shape index (κ3) is 2.57. The second kappa shape index (κ2) is 5.49. The third-order valence-corrected chi connectivity index (χ3v) is 3.82. The molecule has 1 aromatic carbocycles. The fraction of sp³-hybridized carbons (Fsp3) is 0.312. The number of benzene rings is 1. The largest absolute Gasteiger partial charge is 0.348 e. The first kappa shape index (κ1) is 13.5. The Hall–Kier alpha value is -2.48. The Labute approximate surface area is 122 Å². The van der Waals surface area contributed by atoms with E-state index in [1.54, 1.807) is 12.3 Å². The number of hydrogen-bond acceptors (Lipinski definition) is 4. The van der Waals surface area contributed by atoms with E-state index in [1.807, 2.05) is 18.2 Å². The van der Waals surface area contributed by atoms with Gasteiger partial charge in [0.25, 0.3) is 0 Å². The Morgan fingerprint density at radius 1 is 1.29 bits per heavy atom. The van der Waals surface area contributed by atoms with Crippen LogP contribution in [0, 0.1) is 23.1 Å². The minimum absolute atomic E-state index is 0.0385. The molecule has 4 nitrogen and oxygen atoms in total. The first-order chi connectivity index (χ1) is 10.2. The van der Waals surface area contributed by atoms with Crippen LogP contribution >= 0.6 is 0 Å². The van der Waals surface area contributed by atoms with Gasteiger partial charge in [0, 0.05) is 12.1 Å². The quantitative estimate of drug-likeness (QED) is 0.849.